The highest BCUT2D eigenvalue weighted by Crippen LogP contribution is 2.23. The van der Waals surface area contributed by atoms with Crippen molar-refractivity contribution in [3.63, 3.8) is 0 Å². The van der Waals surface area contributed by atoms with Crippen molar-refractivity contribution in [2.75, 3.05) is 6.54 Å². The summed E-state index contributed by atoms with van der Waals surface area (Å²) in [6.07, 6.45) is 2.54. The van der Waals surface area contributed by atoms with Gasteiger partial charge in [-0.3, -0.25) is 24.6 Å². The van der Waals surface area contributed by atoms with Gasteiger partial charge in [0.1, 0.15) is 17.2 Å². The first-order valence-electron chi connectivity index (χ1n) is 10.5. The number of alkyl halides is 2. The van der Waals surface area contributed by atoms with Gasteiger partial charge in [0.05, 0.1) is 6.54 Å². The number of aryl methyl sites for hydroxylation is 1. The SMILES string of the molecule is Cc1cc(C(=O)C[C@@H](CCC(C)C)C(=O)NN(C[C@@H]2CCCC2=O)C(=O)[C@H](F)Cl)no1. The summed E-state index contributed by atoms with van der Waals surface area (Å²) in [5.41, 5.74) is 0.167. The van der Waals surface area contributed by atoms with Crippen molar-refractivity contribution >= 4 is 35.0 Å². The van der Waals surface area contributed by atoms with E-state index in [1.807, 2.05) is 13.8 Å². The van der Waals surface area contributed by atoms with Gasteiger partial charge in [-0.25, -0.2) is 9.40 Å². The molecule has 0 unspecified atom stereocenters. The fourth-order valence-corrected chi connectivity index (χ4v) is 3.64. The largest absolute Gasteiger partial charge is 0.361 e. The third-order valence-electron chi connectivity index (χ3n) is 5.34. The second kappa shape index (κ2) is 11.4. The lowest BCUT2D eigenvalue weighted by Crippen LogP contribution is -2.52. The van der Waals surface area contributed by atoms with Crippen molar-refractivity contribution < 1.29 is 28.1 Å². The Morgan fingerprint density at radius 1 is 1.35 bits per heavy atom. The number of hydrazine groups is 1. The van der Waals surface area contributed by atoms with E-state index in [2.05, 4.69) is 10.6 Å². The standard InChI is InChI=1S/C21H29ClFN3O5/c1-12(2)7-8-14(10-18(28)16-9-13(3)31-25-16)20(29)24-26(21(30)19(22)23)11-15-5-4-6-17(15)27/h9,12,14-15,19H,4-8,10-11H2,1-3H3,(H,24,29)/t14-,15+,19+/m1/s1. The third-order valence-corrected chi connectivity index (χ3v) is 5.53. The molecule has 10 heteroatoms. The molecule has 2 amide bonds. The first-order chi connectivity index (χ1) is 14.6. The highest BCUT2D eigenvalue weighted by molar-refractivity contribution is 6.29. The molecule has 0 spiro atoms. The number of hydrogen-bond donors (Lipinski definition) is 1. The molecule has 1 N–H and O–H groups in total. The zero-order valence-electron chi connectivity index (χ0n) is 18.0. The fraction of sp³-hybridized carbons (Fsp3) is 0.667. The van der Waals surface area contributed by atoms with E-state index in [1.54, 1.807) is 6.92 Å². The van der Waals surface area contributed by atoms with E-state index in [4.69, 9.17) is 16.1 Å². The molecule has 1 aromatic heterocycles. The Kier molecular flexibility index (Phi) is 9.15. The molecule has 3 atom stereocenters. The Labute approximate surface area is 185 Å². The number of carbonyl (C=O) groups excluding carboxylic acids is 4. The molecule has 1 aliphatic carbocycles. The molecule has 1 aromatic rings. The van der Waals surface area contributed by atoms with Crippen molar-refractivity contribution in [3.8, 4) is 0 Å². The molecule has 1 heterocycles. The molecule has 0 bridgehead atoms. The number of aromatic nitrogens is 1. The van der Waals surface area contributed by atoms with Crippen LogP contribution in [0.4, 0.5) is 4.39 Å². The first kappa shape index (κ1) is 25.0. The van der Waals surface area contributed by atoms with Crippen molar-refractivity contribution in [2.45, 2.75) is 64.9 Å². The highest BCUT2D eigenvalue weighted by Gasteiger charge is 2.33. The molecule has 0 aromatic carbocycles. The van der Waals surface area contributed by atoms with Crippen molar-refractivity contribution in [1.29, 1.82) is 0 Å². The van der Waals surface area contributed by atoms with Gasteiger partial charge in [0.2, 0.25) is 5.91 Å². The van der Waals surface area contributed by atoms with Gasteiger partial charge in [0.25, 0.3) is 11.5 Å². The van der Waals surface area contributed by atoms with Crippen LogP contribution >= 0.6 is 11.6 Å². The van der Waals surface area contributed by atoms with E-state index >= 15 is 0 Å². The molecule has 0 radical (unpaired) electrons. The maximum atomic E-state index is 13.5. The van der Waals surface area contributed by atoms with E-state index in [9.17, 15) is 23.6 Å². The van der Waals surface area contributed by atoms with Gasteiger partial charge < -0.3 is 4.52 Å². The Balaban J connectivity index is 2.13. The average Bonchev–Trinajstić information content (AvgIpc) is 3.31. The second-order valence-electron chi connectivity index (χ2n) is 8.40. The molecule has 1 aliphatic rings. The Morgan fingerprint density at radius 3 is 2.58 bits per heavy atom. The van der Waals surface area contributed by atoms with Crippen molar-refractivity contribution in [3.05, 3.63) is 17.5 Å². The summed E-state index contributed by atoms with van der Waals surface area (Å²) in [5, 5.41) is 4.47. The van der Waals surface area contributed by atoms with Crippen LogP contribution in [0.25, 0.3) is 0 Å². The molecule has 172 valence electrons. The minimum Gasteiger partial charge on any atom is -0.361 e. The Hall–Kier alpha value is -2.29. The zero-order valence-corrected chi connectivity index (χ0v) is 18.8. The third kappa shape index (κ3) is 7.41. The summed E-state index contributed by atoms with van der Waals surface area (Å²) < 4.78 is 18.4. The van der Waals surface area contributed by atoms with Crippen LogP contribution < -0.4 is 5.43 Å². The monoisotopic (exact) mass is 457 g/mol. The maximum absolute atomic E-state index is 13.5. The number of nitrogens with zero attached hydrogens (tertiary/aromatic N) is 2. The number of carbonyl (C=O) groups is 4. The summed E-state index contributed by atoms with van der Waals surface area (Å²) in [6.45, 7) is 5.48. The summed E-state index contributed by atoms with van der Waals surface area (Å²) in [7, 11) is 0. The quantitative estimate of drug-likeness (QED) is 0.327. The number of Topliss-reactive ketones (excluding diaryl/α,β-unsaturated/α-hetero) is 2. The average molecular weight is 458 g/mol. The highest BCUT2D eigenvalue weighted by atomic mass is 35.5. The molecule has 0 saturated heterocycles. The molecule has 1 saturated carbocycles. The van der Waals surface area contributed by atoms with Crippen molar-refractivity contribution in [2.24, 2.45) is 17.8 Å². The van der Waals surface area contributed by atoms with E-state index in [1.165, 1.54) is 6.07 Å². The molecule has 0 aliphatic heterocycles. The summed E-state index contributed by atoms with van der Waals surface area (Å²) >= 11 is 5.31. The maximum Gasteiger partial charge on any atom is 0.291 e. The number of hydrogen-bond acceptors (Lipinski definition) is 6. The Morgan fingerprint density at radius 2 is 2.06 bits per heavy atom. The minimum atomic E-state index is -2.36. The van der Waals surface area contributed by atoms with Crippen LogP contribution in [0.2, 0.25) is 0 Å². The number of amides is 2. The summed E-state index contributed by atoms with van der Waals surface area (Å²) in [4.78, 5) is 49.7. The molecular weight excluding hydrogens is 429 g/mol. The predicted octanol–water partition coefficient (Wildman–Crippen LogP) is 3.37. The van der Waals surface area contributed by atoms with Gasteiger partial charge in [-0.2, -0.15) is 0 Å². The van der Waals surface area contributed by atoms with Crippen LogP contribution in [0, 0.1) is 24.7 Å². The second-order valence-corrected chi connectivity index (χ2v) is 8.78. The molecular formula is C21H29ClFN3O5. The topological polar surface area (TPSA) is 110 Å². The van der Waals surface area contributed by atoms with Gasteiger partial charge in [-0.05, 0) is 32.1 Å². The first-order valence-corrected chi connectivity index (χ1v) is 10.9. The normalized spacial score (nSPS) is 18.1. The van der Waals surface area contributed by atoms with Crippen LogP contribution in [0.15, 0.2) is 10.6 Å². The van der Waals surface area contributed by atoms with Gasteiger partial charge in [0.15, 0.2) is 5.78 Å². The minimum absolute atomic E-state index is 0.0371. The van der Waals surface area contributed by atoms with Crippen LogP contribution in [0.3, 0.4) is 0 Å². The van der Waals surface area contributed by atoms with Gasteiger partial charge in [0, 0.05) is 30.7 Å². The summed E-state index contributed by atoms with van der Waals surface area (Å²) in [5.74, 6) is -2.65. The number of halogens is 2. The smallest absolute Gasteiger partial charge is 0.291 e. The molecule has 31 heavy (non-hydrogen) atoms. The Bertz CT molecular complexity index is 811. The van der Waals surface area contributed by atoms with Crippen molar-refractivity contribution in [1.82, 2.24) is 15.6 Å². The van der Waals surface area contributed by atoms with E-state index in [0.717, 1.165) is 5.01 Å². The molecule has 1 fully saturated rings. The van der Waals surface area contributed by atoms with Crippen LogP contribution in [0.5, 0.6) is 0 Å². The van der Waals surface area contributed by atoms with Gasteiger partial charge >= 0.3 is 0 Å². The number of nitrogens with one attached hydrogen (secondary N) is 1. The van der Waals surface area contributed by atoms with Crippen LogP contribution in [0.1, 0.15) is 68.6 Å². The van der Waals surface area contributed by atoms with Gasteiger partial charge in [-0.15, -0.1) is 0 Å². The lowest BCUT2D eigenvalue weighted by molar-refractivity contribution is -0.146. The predicted molar refractivity (Wildman–Crippen MR) is 111 cm³/mol. The number of ketones is 2. The fourth-order valence-electron chi connectivity index (χ4n) is 3.52. The lowest BCUT2D eigenvalue weighted by Gasteiger charge is -2.28. The van der Waals surface area contributed by atoms with E-state index in [0.29, 0.717) is 37.9 Å². The zero-order chi connectivity index (χ0) is 23.1. The van der Waals surface area contributed by atoms with Crippen LogP contribution in [-0.4, -0.2) is 45.7 Å². The van der Waals surface area contributed by atoms with Crippen LogP contribution in [-0.2, 0) is 14.4 Å². The molecule has 8 nitrogen and oxygen atoms in total. The van der Waals surface area contributed by atoms with E-state index < -0.39 is 29.3 Å². The lowest BCUT2D eigenvalue weighted by atomic mass is 9.92. The number of rotatable bonds is 10. The summed E-state index contributed by atoms with van der Waals surface area (Å²) in [6, 6.07) is 1.49. The van der Waals surface area contributed by atoms with E-state index in [-0.39, 0.29) is 36.1 Å². The molecule has 2 rings (SSSR count). The van der Waals surface area contributed by atoms with Gasteiger partial charge in [-0.1, -0.05) is 37.0 Å².